The van der Waals surface area contributed by atoms with Crippen LogP contribution in [0.3, 0.4) is 0 Å². The summed E-state index contributed by atoms with van der Waals surface area (Å²) in [5.74, 6) is 6.06. The number of hydrogen-bond donors (Lipinski definition) is 2. The predicted octanol–water partition coefficient (Wildman–Crippen LogP) is 1.35. The summed E-state index contributed by atoms with van der Waals surface area (Å²) in [6, 6.07) is 4.75. The molecule has 0 radical (unpaired) electrons. The lowest BCUT2D eigenvalue weighted by Crippen LogP contribution is -2.26. The van der Waals surface area contributed by atoms with Crippen molar-refractivity contribution in [3.8, 4) is 0 Å². The number of rotatable bonds is 3. The Bertz CT molecular complexity index is 326. The molecule has 3 N–H and O–H groups in total. The Labute approximate surface area is 90.5 Å². The third-order valence-corrected chi connectivity index (χ3v) is 3.05. The molecule has 4 heteroatoms. The van der Waals surface area contributed by atoms with Crippen LogP contribution in [0.25, 0.3) is 0 Å². The lowest BCUT2D eigenvalue weighted by atomic mass is 10.2. The zero-order valence-corrected chi connectivity index (χ0v) is 9.11. The number of hydrazine groups is 1. The van der Waals surface area contributed by atoms with Crippen LogP contribution in [0.1, 0.15) is 25.3 Å². The van der Waals surface area contributed by atoms with E-state index in [1.807, 2.05) is 12.1 Å². The SMILES string of the molecule is CC1CCCN1Cc1ccnc(NN)c1. The fraction of sp³-hybridized carbons (Fsp3) is 0.545. The first-order valence-electron chi connectivity index (χ1n) is 5.45. The van der Waals surface area contributed by atoms with Gasteiger partial charge in [0.1, 0.15) is 5.82 Å². The fourth-order valence-corrected chi connectivity index (χ4v) is 2.11. The van der Waals surface area contributed by atoms with Gasteiger partial charge in [-0.15, -0.1) is 0 Å². The molecule has 1 aromatic rings. The molecule has 1 saturated heterocycles. The summed E-state index contributed by atoms with van der Waals surface area (Å²) in [7, 11) is 0. The molecule has 1 unspecified atom stereocenters. The topological polar surface area (TPSA) is 54.2 Å². The van der Waals surface area contributed by atoms with Crippen molar-refractivity contribution in [3.63, 3.8) is 0 Å². The molecule has 0 amide bonds. The number of nitrogens with two attached hydrogens (primary N) is 1. The second-order valence-corrected chi connectivity index (χ2v) is 4.16. The summed E-state index contributed by atoms with van der Waals surface area (Å²) in [4.78, 5) is 6.59. The zero-order valence-electron chi connectivity index (χ0n) is 9.11. The molecular weight excluding hydrogens is 188 g/mol. The molecular formula is C11H18N4. The van der Waals surface area contributed by atoms with Gasteiger partial charge in [-0.3, -0.25) is 4.90 Å². The standard InChI is InChI=1S/C11H18N4/c1-9-3-2-6-15(9)8-10-4-5-13-11(7-10)14-12/h4-5,7,9H,2-3,6,8,12H2,1H3,(H,13,14). The predicted molar refractivity (Wildman–Crippen MR) is 61.2 cm³/mol. The summed E-state index contributed by atoms with van der Waals surface area (Å²) in [5, 5.41) is 0. The molecule has 1 aliphatic heterocycles. The lowest BCUT2D eigenvalue weighted by Gasteiger charge is -2.20. The van der Waals surface area contributed by atoms with E-state index in [2.05, 4.69) is 22.2 Å². The third-order valence-electron chi connectivity index (χ3n) is 3.05. The van der Waals surface area contributed by atoms with Crippen LogP contribution in [-0.2, 0) is 6.54 Å². The maximum absolute atomic E-state index is 5.33. The Morgan fingerprint density at radius 3 is 3.20 bits per heavy atom. The van der Waals surface area contributed by atoms with E-state index in [1.165, 1.54) is 24.9 Å². The smallest absolute Gasteiger partial charge is 0.140 e. The van der Waals surface area contributed by atoms with Gasteiger partial charge in [0.05, 0.1) is 0 Å². The van der Waals surface area contributed by atoms with Gasteiger partial charge in [0.15, 0.2) is 0 Å². The minimum atomic E-state index is 0.701. The minimum absolute atomic E-state index is 0.701. The molecule has 0 spiro atoms. The van der Waals surface area contributed by atoms with Crippen LogP contribution in [0, 0.1) is 0 Å². The normalized spacial score (nSPS) is 21.9. The molecule has 0 bridgehead atoms. The number of aromatic nitrogens is 1. The van der Waals surface area contributed by atoms with Crippen LogP contribution in [0.5, 0.6) is 0 Å². The van der Waals surface area contributed by atoms with Crippen molar-refractivity contribution in [3.05, 3.63) is 23.9 Å². The molecule has 1 atom stereocenters. The molecule has 0 saturated carbocycles. The van der Waals surface area contributed by atoms with Crippen LogP contribution in [0.15, 0.2) is 18.3 Å². The van der Waals surface area contributed by atoms with Gasteiger partial charge in [-0.05, 0) is 44.0 Å². The molecule has 15 heavy (non-hydrogen) atoms. The summed E-state index contributed by atoms with van der Waals surface area (Å²) in [5.41, 5.74) is 3.84. The van der Waals surface area contributed by atoms with Crippen molar-refractivity contribution in [2.45, 2.75) is 32.4 Å². The number of pyridine rings is 1. The van der Waals surface area contributed by atoms with E-state index < -0.39 is 0 Å². The molecule has 1 aromatic heterocycles. The second kappa shape index (κ2) is 4.59. The average Bonchev–Trinajstić information content (AvgIpc) is 2.65. The van der Waals surface area contributed by atoms with Crippen molar-refractivity contribution >= 4 is 5.82 Å². The van der Waals surface area contributed by atoms with Crippen molar-refractivity contribution < 1.29 is 0 Å². The highest BCUT2D eigenvalue weighted by Crippen LogP contribution is 2.19. The van der Waals surface area contributed by atoms with E-state index in [0.29, 0.717) is 6.04 Å². The van der Waals surface area contributed by atoms with Crippen molar-refractivity contribution in [1.29, 1.82) is 0 Å². The van der Waals surface area contributed by atoms with E-state index >= 15 is 0 Å². The second-order valence-electron chi connectivity index (χ2n) is 4.16. The van der Waals surface area contributed by atoms with Gasteiger partial charge < -0.3 is 5.43 Å². The maximum atomic E-state index is 5.33. The highest BCUT2D eigenvalue weighted by atomic mass is 15.2. The molecule has 1 fully saturated rings. The highest BCUT2D eigenvalue weighted by molar-refractivity contribution is 5.35. The Hall–Kier alpha value is -1.13. The Morgan fingerprint density at radius 2 is 2.53 bits per heavy atom. The maximum Gasteiger partial charge on any atom is 0.140 e. The molecule has 0 aromatic carbocycles. The monoisotopic (exact) mass is 206 g/mol. The molecule has 4 nitrogen and oxygen atoms in total. The largest absolute Gasteiger partial charge is 0.308 e. The van der Waals surface area contributed by atoms with Crippen molar-refractivity contribution in [2.24, 2.45) is 5.84 Å². The fourth-order valence-electron chi connectivity index (χ4n) is 2.11. The minimum Gasteiger partial charge on any atom is -0.308 e. The first kappa shape index (κ1) is 10.4. The zero-order chi connectivity index (χ0) is 10.7. The van der Waals surface area contributed by atoms with Gasteiger partial charge in [-0.25, -0.2) is 10.8 Å². The van der Waals surface area contributed by atoms with Gasteiger partial charge in [-0.1, -0.05) is 0 Å². The van der Waals surface area contributed by atoms with Crippen molar-refractivity contribution in [1.82, 2.24) is 9.88 Å². The number of nitrogens with zero attached hydrogens (tertiary/aromatic N) is 2. The van der Waals surface area contributed by atoms with Crippen LogP contribution >= 0.6 is 0 Å². The van der Waals surface area contributed by atoms with Gasteiger partial charge in [0.25, 0.3) is 0 Å². The average molecular weight is 206 g/mol. The number of anilines is 1. The van der Waals surface area contributed by atoms with Crippen LogP contribution in [0.2, 0.25) is 0 Å². The van der Waals surface area contributed by atoms with E-state index in [-0.39, 0.29) is 0 Å². The summed E-state index contributed by atoms with van der Waals surface area (Å²) < 4.78 is 0. The van der Waals surface area contributed by atoms with Gasteiger partial charge in [0.2, 0.25) is 0 Å². The van der Waals surface area contributed by atoms with Crippen LogP contribution < -0.4 is 11.3 Å². The van der Waals surface area contributed by atoms with Crippen LogP contribution in [-0.4, -0.2) is 22.5 Å². The molecule has 2 rings (SSSR count). The van der Waals surface area contributed by atoms with E-state index in [9.17, 15) is 0 Å². The molecule has 1 aliphatic rings. The first-order valence-corrected chi connectivity index (χ1v) is 5.45. The van der Waals surface area contributed by atoms with Gasteiger partial charge in [-0.2, -0.15) is 0 Å². The molecule has 82 valence electrons. The van der Waals surface area contributed by atoms with E-state index in [4.69, 9.17) is 5.84 Å². The number of likely N-dealkylation sites (tertiary alicyclic amines) is 1. The number of nitrogen functional groups attached to an aromatic ring is 1. The Balaban J connectivity index is 2.03. The molecule has 0 aliphatic carbocycles. The number of nitrogens with one attached hydrogen (secondary N) is 1. The van der Waals surface area contributed by atoms with Crippen molar-refractivity contribution in [2.75, 3.05) is 12.0 Å². The van der Waals surface area contributed by atoms with Gasteiger partial charge in [0, 0.05) is 18.8 Å². The van der Waals surface area contributed by atoms with E-state index in [0.717, 1.165) is 12.4 Å². The third kappa shape index (κ3) is 2.46. The number of hydrogen-bond acceptors (Lipinski definition) is 4. The summed E-state index contributed by atoms with van der Waals surface area (Å²) in [6.45, 7) is 4.49. The lowest BCUT2D eigenvalue weighted by molar-refractivity contribution is 0.260. The summed E-state index contributed by atoms with van der Waals surface area (Å²) >= 11 is 0. The van der Waals surface area contributed by atoms with Gasteiger partial charge >= 0.3 is 0 Å². The Kier molecular flexibility index (Phi) is 3.18. The highest BCUT2D eigenvalue weighted by Gasteiger charge is 2.19. The van der Waals surface area contributed by atoms with Crippen LogP contribution in [0.4, 0.5) is 5.82 Å². The first-order chi connectivity index (χ1) is 7.29. The van der Waals surface area contributed by atoms with E-state index in [1.54, 1.807) is 6.20 Å². The summed E-state index contributed by atoms with van der Waals surface area (Å²) in [6.07, 6.45) is 4.42. The Morgan fingerprint density at radius 1 is 1.67 bits per heavy atom. The quantitative estimate of drug-likeness (QED) is 0.579. The molecule has 2 heterocycles.